The number of benzene rings is 1. The monoisotopic (exact) mass is 203 g/mol. The molecule has 5 heteroatoms. The molecule has 0 aliphatic heterocycles. The highest BCUT2D eigenvalue weighted by Crippen LogP contribution is 2.01. The molecular formula is C10H13N5. The van der Waals surface area contributed by atoms with Gasteiger partial charge in [0.25, 0.3) is 5.95 Å². The molecule has 0 saturated heterocycles. The van der Waals surface area contributed by atoms with Gasteiger partial charge in [-0.3, -0.25) is 0 Å². The molecule has 1 aromatic heterocycles. The van der Waals surface area contributed by atoms with Crippen LogP contribution in [0.3, 0.4) is 0 Å². The summed E-state index contributed by atoms with van der Waals surface area (Å²) >= 11 is 0. The molecule has 15 heavy (non-hydrogen) atoms. The number of nitrogens with one attached hydrogen (secondary N) is 1. The first kappa shape index (κ1) is 9.64. The van der Waals surface area contributed by atoms with E-state index < -0.39 is 0 Å². The van der Waals surface area contributed by atoms with E-state index >= 15 is 0 Å². The molecule has 0 aliphatic rings. The Hall–Kier alpha value is -1.91. The van der Waals surface area contributed by atoms with Crippen LogP contribution in [-0.4, -0.2) is 26.8 Å². The van der Waals surface area contributed by atoms with E-state index in [0.717, 1.165) is 12.1 Å². The van der Waals surface area contributed by atoms with Gasteiger partial charge in [0.2, 0.25) is 0 Å². The van der Waals surface area contributed by atoms with Crippen LogP contribution in [0.4, 0.5) is 5.95 Å². The molecule has 0 atom stereocenters. The van der Waals surface area contributed by atoms with Crippen LogP contribution in [-0.2, 0) is 6.54 Å². The molecule has 2 rings (SSSR count). The Morgan fingerprint density at radius 2 is 2.07 bits per heavy atom. The second-order valence-electron chi connectivity index (χ2n) is 3.16. The average molecular weight is 203 g/mol. The van der Waals surface area contributed by atoms with Crippen molar-refractivity contribution in [3.63, 3.8) is 0 Å². The molecule has 0 saturated carbocycles. The maximum absolute atomic E-state index is 4.18. The van der Waals surface area contributed by atoms with E-state index in [1.54, 1.807) is 4.80 Å². The smallest absolute Gasteiger partial charge is 0.263 e. The third-order valence-electron chi connectivity index (χ3n) is 1.95. The molecule has 1 heterocycles. The fourth-order valence-corrected chi connectivity index (χ4v) is 1.29. The summed E-state index contributed by atoms with van der Waals surface area (Å²) in [4.78, 5) is 1.58. The lowest BCUT2D eigenvalue weighted by Gasteiger charge is -1.97. The Morgan fingerprint density at radius 3 is 2.80 bits per heavy atom. The minimum atomic E-state index is 0.577. The van der Waals surface area contributed by atoms with Crippen molar-refractivity contribution in [1.29, 1.82) is 0 Å². The van der Waals surface area contributed by atoms with Crippen LogP contribution in [0.1, 0.15) is 12.5 Å². The molecule has 0 aliphatic carbocycles. The van der Waals surface area contributed by atoms with Gasteiger partial charge in [0.05, 0.1) is 6.54 Å². The number of hydrogen-bond acceptors (Lipinski definition) is 4. The zero-order chi connectivity index (χ0) is 10.5. The molecule has 0 unspecified atom stereocenters. The molecule has 0 amide bonds. The SMILES string of the molecule is CCNc1nnn(Cc2ccccc2)n1. The van der Waals surface area contributed by atoms with Gasteiger partial charge in [-0.15, -0.1) is 5.10 Å². The molecule has 1 aromatic carbocycles. The topological polar surface area (TPSA) is 55.6 Å². The zero-order valence-electron chi connectivity index (χ0n) is 8.59. The highest BCUT2D eigenvalue weighted by atomic mass is 15.6. The van der Waals surface area contributed by atoms with Gasteiger partial charge in [-0.25, -0.2) is 0 Å². The van der Waals surface area contributed by atoms with Gasteiger partial charge < -0.3 is 5.32 Å². The summed E-state index contributed by atoms with van der Waals surface area (Å²) in [6, 6.07) is 10.1. The molecule has 0 spiro atoms. The molecule has 0 radical (unpaired) electrons. The van der Waals surface area contributed by atoms with Crippen molar-refractivity contribution in [1.82, 2.24) is 20.2 Å². The van der Waals surface area contributed by atoms with Crippen molar-refractivity contribution in [3.05, 3.63) is 35.9 Å². The van der Waals surface area contributed by atoms with E-state index in [4.69, 9.17) is 0 Å². The number of tetrazole rings is 1. The van der Waals surface area contributed by atoms with E-state index in [-0.39, 0.29) is 0 Å². The predicted octanol–water partition coefficient (Wildman–Crippen LogP) is 1.15. The number of rotatable bonds is 4. The number of aromatic nitrogens is 4. The maximum Gasteiger partial charge on any atom is 0.263 e. The molecule has 2 aromatic rings. The molecule has 0 fully saturated rings. The van der Waals surface area contributed by atoms with E-state index in [9.17, 15) is 0 Å². The van der Waals surface area contributed by atoms with E-state index in [1.807, 2.05) is 37.3 Å². The molecule has 0 bridgehead atoms. The number of anilines is 1. The Kier molecular flexibility index (Phi) is 2.92. The van der Waals surface area contributed by atoms with Gasteiger partial charge in [0.1, 0.15) is 0 Å². The third kappa shape index (κ3) is 2.52. The minimum absolute atomic E-state index is 0.577. The number of nitrogens with zero attached hydrogens (tertiary/aromatic N) is 4. The lowest BCUT2D eigenvalue weighted by molar-refractivity contribution is 0.573. The lowest BCUT2D eigenvalue weighted by Crippen LogP contribution is -2.04. The maximum atomic E-state index is 4.18. The highest BCUT2D eigenvalue weighted by molar-refractivity contribution is 5.19. The summed E-state index contributed by atoms with van der Waals surface area (Å²) in [6.07, 6.45) is 0. The zero-order valence-corrected chi connectivity index (χ0v) is 8.59. The molecule has 1 N–H and O–H groups in total. The van der Waals surface area contributed by atoms with Crippen LogP contribution in [0.5, 0.6) is 0 Å². The second kappa shape index (κ2) is 4.54. The van der Waals surface area contributed by atoms with Crippen LogP contribution < -0.4 is 5.32 Å². The Morgan fingerprint density at radius 1 is 1.27 bits per heavy atom. The van der Waals surface area contributed by atoms with Gasteiger partial charge in [0.15, 0.2) is 0 Å². The van der Waals surface area contributed by atoms with E-state index in [1.165, 1.54) is 0 Å². The molecule has 5 nitrogen and oxygen atoms in total. The van der Waals surface area contributed by atoms with Crippen LogP contribution in [0.2, 0.25) is 0 Å². The van der Waals surface area contributed by atoms with Gasteiger partial charge >= 0.3 is 0 Å². The second-order valence-corrected chi connectivity index (χ2v) is 3.16. The van der Waals surface area contributed by atoms with E-state index in [0.29, 0.717) is 12.5 Å². The summed E-state index contributed by atoms with van der Waals surface area (Å²) in [5.74, 6) is 0.577. The van der Waals surface area contributed by atoms with Crippen molar-refractivity contribution in [2.24, 2.45) is 0 Å². The Balaban J connectivity index is 2.05. The van der Waals surface area contributed by atoms with Crippen LogP contribution in [0.25, 0.3) is 0 Å². The van der Waals surface area contributed by atoms with Crippen molar-refractivity contribution >= 4 is 5.95 Å². The molecular weight excluding hydrogens is 190 g/mol. The van der Waals surface area contributed by atoms with Crippen molar-refractivity contribution in [3.8, 4) is 0 Å². The fraction of sp³-hybridized carbons (Fsp3) is 0.300. The Labute approximate surface area is 88.1 Å². The molecule has 78 valence electrons. The first-order valence-electron chi connectivity index (χ1n) is 4.94. The average Bonchev–Trinajstić information content (AvgIpc) is 2.68. The quantitative estimate of drug-likeness (QED) is 0.810. The number of hydrogen-bond donors (Lipinski definition) is 1. The van der Waals surface area contributed by atoms with Gasteiger partial charge in [-0.05, 0) is 17.7 Å². The van der Waals surface area contributed by atoms with Crippen LogP contribution in [0.15, 0.2) is 30.3 Å². The summed E-state index contributed by atoms with van der Waals surface area (Å²) in [6.45, 7) is 3.45. The minimum Gasteiger partial charge on any atom is -0.352 e. The first-order valence-corrected chi connectivity index (χ1v) is 4.94. The third-order valence-corrected chi connectivity index (χ3v) is 1.95. The van der Waals surface area contributed by atoms with Crippen molar-refractivity contribution in [2.75, 3.05) is 11.9 Å². The van der Waals surface area contributed by atoms with Crippen LogP contribution in [0, 0.1) is 0 Å². The largest absolute Gasteiger partial charge is 0.352 e. The van der Waals surface area contributed by atoms with Gasteiger partial charge in [0, 0.05) is 6.54 Å². The van der Waals surface area contributed by atoms with Crippen molar-refractivity contribution < 1.29 is 0 Å². The lowest BCUT2D eigenvalue weighted by atomic mass is 10.2. The highest BCUT2D eigenvalue weighted by Gasteiger charge is 2.00. The standard InChI is InChI=1S/C10H13N5/c1-2-11-10-12-14-15(13-10)8-9-6-4-3-5-7-9/h3-7H,2,8H2,1H3,(H,11,13). The summed E-state index contributed by atoms with van der Waals surface area (Å²) in [5, 5.41) is 15.0. The predicted molar refractivity (Wildman–Crippen MR) is 57.5 cm³/mol. The summed E-state index contributed by atoms with van der Waals surface area (Å²) in [5.41, 5.74) is 1.16. The Bertz CT molecular complexity index is 409. The fourth-order valence-electron chi connectivity index (χ4n) is 1.29. The first-order chi connectivity index (χ1) is 7.38. The summed E-state index contributed by atoms with van der Waals surface area (Å²) < 4.78 is 0. The summed E-state index contributed by atoms with van der Waals surface area (Å²) in [7, 11) is 0. The normalized spacial score (nSPS) is 10.2. The van der Waals surface area contributed by atoms with E-state index in [2.05, 4.69) is 20.7 Å². The van der Waals surface area contributed by atoms with Gasteiger partial charge in [-0.2, -0.15) is 4.80 Å². The van der Waals surface area contributed by atoms with Gasteiger partial charge in [-0.1, -0.05) is 35.4 Å². The van der Waals surface area contributed by atoms with Crippen LogP contribution >= 0.6 is 0 Å². The van der Waals surface area contributed by atoms with Crippen molar-refractivity contribution in [2.45, 2.75) is 13.5 Å².